The van der Waals surface area contributed by atoms with Crippen LogP contribution in [0.4, 0.5) is 0 Å². The lowest BCUT2D eigenvalue weighted by molar-refractivity contribution is -0.133. The number of Topliss-reactive ketones (excluding diaryl/α,β-unsaturated/α-hetero) is 1. The van der Waals surface area contributed by atoms with Crippen molar-refractivity contribution in [1.29, 1.82) is 0 Å². The average Bonchev–Trinajstić information content (AvgIpc) is 2.40. The van der Waals surface area contributed by atoms with Gasteiger partial charge in [-0.05, 0) is 17.7 Å². The van der Waals surface area contributed by atoms with Crippen molar-refractivity contribution >= 4 is 11.7 Å². The predicted octanol–water partition coefficient (Wildman–Crippen LogP) is 1.43. The standard InChI is InChI=1S/C14H17NO3/c1-18-13-4-2-11(3-5-13)10-14(17)15-8-6-12(16)7-9-15/h2-5H,6-10H2,1H3. The Morgan fingerprint density at radius 3 is 2.39 bits per heavy atom. The highest BCUT2D eigenvalue weighted by atomic mass is 16.5. The third kappa shape index (κ3) is 3.09. The van der Waals surface area contributed by atoms with Crippen molar-refractivity contribution in [2.24, 2.45) is 0 Å². The molecule has 1 heterocycles. The van der Waals surface area contributed by atoms with Gasteiger partial charge in [0.15, 0.2) is 0 Å². The van der Waals surface area contributed by atoms with Gasteiger partial charge in [-0.25, -0.2) is 0 Å². The second-order valence-electron chi connectivity index (χ2n) is 4.44. The number of ether oxygens (including phenoxy) is 1. The molecule has 96 valence electrons. The smallest absolute Gasteiger partial charge is 0.227 e. The van der Waals surface area contributed by atoms with Gasteiger partial charge in [0.05, 0.1) is 13.5 Å². The molecule has 18 heavy (non-hydrogen) atoms. The normalized spacial score (nSPS) is 15.6. The number of ketones is 1. The fourth-order valence-corrected chi connectivity index (χ4v) is 2.04. The van der Waals surface area contributed by atoms with Gasteiger partial charge in [-0.3, -0.25) is 9.59 Å². The molecular formula is C14H17NO3. The number of nitrogens with zero attached hydrogens (tertiary/aromatic N) is 1. The molecule has 1 aliphatic rings. The Morgan fingerprint density at radius 1 is 1.22 bits per heavy atom. The van der Waals surface area contributed by atoms with E-state index in [0.29, 0.717) is 32.4 Å². The van der Waals surface area contributed by atoms with Gasteiger partial charge in [-0.15, -0.1) is 0 Å². The van der Waals surface area contributed by atoms with Crippen LogP contribution in [0.25, 0.3) is 0 Å². The maximum atomic E-state index is 12.0. The first kappa shape index (κ1) is 12.6. The minimum Gasteiger partial charge on any atom is -0.497 e. The summed E-state index contributed by atoms with van der Waals surface area (Å²) in [4.78, 5) is 24.9. The summed E-state index contributed by atoms with van der Waals surface area (Å²) in [5.74, 6) is 1.13. The highest BCUT2D eigenvalue weighted by Crippen LogP contribution is 2.13. The number of methoxy groups -OCH3 is 1. The fourth-order valence-electron chi connectivity index (χ4n) is 2.04. The number of carbonyl (C=O) groups is 2. The van der Waals surface area contributed by atoms with Crippen LogP contribution in [0, 0.1) is 0 Å². The number of rotatable bonds is 3. The Bertz CT molecular complexity index is 429. The van der Waals surface area contributed by atoms with E-state index in [-0.39, 0.29) is 11.7 Å². The summed E-state index contributed by atoms with van der Waals surface area (Å²) in [6, 6.07) is 7.49. The molecule has 0 aliphatic carbocycles. The highest BCUT2D eigenvalue weighted by Gasteiger charge is 2.20. The van der Waals surface area contributed by atoms with Crippen LogP contribution in [-0.4, -0.2) is 36.8 Å². The van der Waals surface area contributed by atoms with E-state index in [1.165, 1.54) is 0 Å². The molecule has 4 nitrogen and oxygen atoms in total. The number of piperidine rings is 1. The number of hydrogen-bond acceptors (Lipinski definition) is 3. The number of likely N-dealkylation sites (tertiary alicyclic amines) is 1. The summed E-state index contributed by atoms with van der Waals surface area (Å²) >= 11 is 0. The van der Waals surface area contributed by atoms with Crippen molar-refractivity contribution in [3.63, 3.8) is 0 Å². The molecule has 1 fully saturated rings. The molecule has 0 N–H and O–H groups in total. The zero-order chi connectivity index (χ0) is 13.0. The van der Waals surface area contributed by atoms with Crippen LogP contribution >= 0.6 is 0 Å². The quantitative estimate of drug-likeness (QED) is 0.811. The third-order valence-corrected chi connectivity index (χ3v) is 3.19. The van der Waals surface area contributed by atoms with Crippen LogP contribution in [0.1, 0.15) is 18.4 Å². The van der Waals surface area contributed by atoms with Crippen molar-refractivity contribution in [2.45, 2.75) is 19.3 Å². The summed E-state index contributed by atoms with van der Waals surface area (Å²) < 4.78 is 5.07. The number of hydrogen-bond donors (Lipinski definition) is 0. The molecule has 0 bridgehead atoms. The molecule has 1 aromatic rings. The molecule has 1 amide bonds. The Labute approximate surface area is 107 Å². The van der Waals surface area contributed by atoms with Crippen LogP contribution in [-0.2, 0) is 16.0 Å². The van der Waals surface area contributed by atoms with Gasteiger partial charge in [0.1, 0.15) is 11.5 Å². The fraction of sp³-hybridized carbons (Fsp3) is 0.429. The number of carbonyl (C=O) groups excluding carboxylic acids is 2. The Balaban J connectivity index is 1.92. The van der Waals surface area contributed by atoms with Gasteiger partial charge in [-0.2, -0.15) is 0 Å². The molecule has 4 heteroatoms. The van der Waals surface area contributed by atoms with Gasteiger partial charge >= 0.3 is 0 Å². The maximum Gasteiger partial charge on any atom is 0.227 e. The second kappa shape index (κ2) is 5.67. The van der Waals surface area contributed by atoms with Crippen molar-refractivity contribution < 1.29 is 14.3 Å². The summed E-state index contributed by atoms with van der Waals surface area (Å²) in [6.07, 6.45) is 1.38. The van der Waals surface area contributed by atoms with Crippen LogP contribution in [0.15, 0.2) is 24.3 Å². The lowest BCUT2D eigenvalue weighted by atomic mass is 10.1. The lowest BCUT2D eigenvalue weighted by Crippen LogP contribution is -2.39. The Morgan fingerprint density at radius 2 is 1.83 bits per heavy atom. The summed E-state index contributed by atoms with van der Waals surface area (Å²) in [7, 11) is 1.62. The molecule has 0 radical (unpaired) electrons. The molecule has 0 aromatic heterocycles. The molecule has 0 spiro atoms. The summed E-state index contributed by atoms with van der Waals surface area (Å²) in [6.45, 7) is 1.13. The molecule has 0 unspecified atom stereocenters. The van der Waals surface area contributed by atoms with E-state index in [9.17, 15) is 9.59 Å². The van der Waals surface area contributed by atoms with E-state index < -0.39 is 0 Å². The number of amides is 1. The predicted molar refractivity (Wildman–Crippen MR) is 67.5 cm³/mol. The monoisotopic (exact) mass is 247 g/mol. The summed E-state index contributed by atoms with van der Waals surface area (Å²) in [5.41, 5.74) is 0.970. The molecular weight excluding hydrogens is 230 g/mol. The van der Waals surface area contributed by atoms with Crippen LogP contribution in [0.5, 0.6) is 5.75 Å². The molecule has 1 aromatic carbocycles. The van der Waals surface area contributed by atoms with Crippen molar-refractivity contribution in [3.05, 3.63) is 29.8 Å². The minimum absolute atomic E-state index is 0.0904. The molecule has 1 aliphatic heterocycles. The second-order valence-corrected chi connectivity index (χ2v) is 4.44. The highest BCUT2D eigenvalue weighted by molar-refractivity contribution is 5.84. The van der Waals surface area contributed by atoms with Crippen molar-refractivity contribution in [3.8, 4) is 5.75 Å². The van der Waals surface area contributed by atoms with Crippen LogP contribution < -0.4 is 4.74 Å². The van der Waals surface area contributed by atoms with E-state index in [2.05, 4.69) is 0 Å². The van der Waals surface area contributed by atoms with Crippen LogP contribution in [0.2, 0.25) is 0 Å². The van der Waals surface area contributed by atoms with Crippen LogP contribution in [0.3, 0.4) is 0 Å². The SMILES string of the molecule is COc1ccc(CC(=O)N2CCC(=O)CC2)cc1. The lowest BCUT2D eigenvalue weighted by Gasteiger charge is -2.26. The molecule has 1 saturated heterocycles. The van der Waals surface area contributed by atoms with E-state index in [4.69, 9.17) is 4.74 Å². The topological polar surface area (TPSA) is 46.6 Å². The maximum absolute atomic E-state index is 12.0. The van der Waals surface area contributed by atoms with E-state index >= 15 is 0 Å². The minimum atomic E-state index is 0.0904. The zero-order valence-corrected chi connectivity index (χ0v) is 10.5. The van der Waals surface area contributed by atoms with E-state index in [0.717, 1.165) is 11.3 Å². The van der Waals surface area contributed by atoms with Crippen molar-refractivity contribution in [2.75, 3.05) is 20.2 Å². The molecule has 2 rings (SSSR count). The zero-order valence-electron chi connectivity index (χ0n) is 10.5. The van der Waals surface area contributed by atoms with Gasteiger partial charge in [-0.1, -0.05) is 12.1 Å². The van der Waals surface area contributed by atoms with Gasteiger partial charge in [0, 0.05) is 25.9 Å². The first-order valence-electron chi connectivity index (χ1n) is 6.11. The Hall–Kier alpha value is -1.84. The largest absolute Gasteiger partial charge is 0.497 e. The first-order valence-corrected chi connectivity index (χ1v) is 6.11. The third-order valence-electron chi connectivity index (χ3n) is 3.19. The van der Waals surface area contributed by atoms with Crippen molar-refractivity contribution in [1.82, 2.24) is 4.90 Å². The van der Waals surface area contributed by atoms with E-state index in [1.54, 1.807) is 12.0 Å². The van der Waals surface area contributed by atoms with Gasteiger partial charge < -0.3 is 9.64 Å². The average molecular weight is 247 g/mol. The summed E-state index contributed by atoms with van der Waals surface area (Å²) in [5, 5.41) is 0. The first-order chi connectivity index (χ1) is 8.69. The number of benzene rings is 1. The van der Waals surface area contributed by atoms with E-state index in [1.807, 2.05) is 24.3 Å². The van der Waals surface area contributed by atoms with Gasteiger partial charge in [0.25, 0.3) is 0 Å². The molecule has 0 saturated carbocycles. The van der Waals surface area contributed by atoms with Gasteiger partial charge in [0.2, 0.25) is 5.91 Å². The molecule has 0 atom stereocenters. The Kier molecular flexibility index (Phi) is 3.97.